The van der Waals surface area contributed by atoms with Gasteiger partial charge in [0.1, 0.15) is 0 Å². The third-order valence-corrected chi connectivity index (χ3v) is 2.84. The zero-order valence-corrected chi connectivity index (χ0v) is 9.55. The molecule has 92 valence electrons. The number of nitrogens with zero attached hydrogens (tertiary/aromatic N) is 1. The van der Waals surface area contributed by atoms with Gasteiger partial charge in [-0.15, -0.1) is 0 Å². The van der Waals surface area contributed by atoms with Gasteiger partial charge in [-0.3, -0.25) is 0 Å². The molecule has 2 nitrogen and oxygen atoms in total. The second-order valence-corrected chi connectivity index (χ2v) is 4.21. The molecule has 0 bridgehead atoms. The molecule has 17 heavy (non-hydrogen) atoms. The van der Waals surface area contributed by atoms with Crippen LogP contribution in [-0.4, -0.2) is 4.57 Å². The summed E-state index contributed by atoms with van der Waals surface area (Å²) in [5.74, 6) is 0. The average Bonchev–Trinajstić information content (AvgIpc) is 2.54. The van der Waals surface area contributed by atoms with Crippen molar-refractivity contribution in [3.05, 3.63) is 35.5 Å². The van der Waals surface area contributed by atoms with Crippen LogP contribution in [0.4, 0.5) is 13.2 Å². The van der Waals surface area contributed by atoms with Crippen molar-refractivity contribution in [2.75, 3.05) is 0 Å². The Kier molecular flexibility index (Phi) is 2.66. The monoisotopic (exact) mass is 242 g/mol. The minimum absolute atomic E-state index is 0.290. The van der Waals surface area contributed by atoms with Crippen molar-refractivity contribution < 1.29 is 13.2 Å². The Morgan fingerprint density at radius 3 is 2.47 bits per heavy atom. The molecule has 0 aliphatic carbocycles. The Bertz CT molecular complexity index is 553. The van der Waals surface area contributed by atoms with E-state index in [1.54, 1.807) is 24.7 Å². The molecule has 0 spiro atoms. The number of aryl methyl sites for hydroxylation is 1. The van der Waals surface area contributed by atoms with E-state index in [9.17, 15) is 13.2 Å². The zero-order valence-electron chi connectivity index (χ0n) is 9.55. The number of benzene rings is 1. The first-order chi connectivity index (χ1) is 7.80. The number of halogens is 3. The highest BCUT2D eigenvalue weighted by molar-refractivity contribution is 5.85. The molecule has 0 radical (unpaired) electrons. The van der Waals surface area contributed by atoms with Crippen LogP contribution in [-0.2, 0) is 13.2 Å². The normalized spacial score (nSPS) is 14.2. The molecular formula is C12H13F3N2. The molecule has 2 aromatic rings. The van der Waals surface area contributed by atoms with Crippen molar-refractivity contribution in [3.8, 4) is 0 Å². The van der Waals surface area contributed by atoms with E-state index in [0.29, 0.717) is 5.39 Å². The van der Waals surface area contributed by atoms with E-state index >= 15 is 0 Å². The van der Waals surface area contributed by atoms with Crippen LogP contribution >= 0.6 is 0 Å². The predicted molar refractivity (Wildman–Crippen MR) is 60.5 cm³/mol. The van der Waals surface area contributed by atoms with Gasteiger partial charge in [0.05, 0.1) is 5.56 Å². The second-order valence-electron chi connectivity index (χ2n) is 4.21. The first-order valence-electron chi connectivity index (χ1n) is 5.22. The lowest BCUT2D eigenvalue weighted by atomic mass is 10.1. The fraction of sp³-hybridized carbons (Fsp3) is 0.333. The molecule has 0 aliphatic rings. The minimum Gasteiger partial charge on any atom is -0.350 e. The van der Waals surface area contributed by atoms with Crippen molar-refractivity contribution in [1.29, 1.82) is 0 Å². The molecular weight excluding hydrogens is 229 g/mol. The lowest BCUT2D eigenvalue weighted by molar-refractivity contribution is -0.137. The maximum Gasteiger partial charge on any atom is 0.416 e. The predicted octanol–water partition coefficient (Wildman–Crippen LogP) is 3.22. The molecule has 5 heteroatoms. The van der Waals surface area contributed by atoms with Crippen LogP contribution < -0.4 is 5.73 Å². The highest BCUT2D eigenvalue weighted by Gasteiger charge is 2.31. The summed E-state index contributed by atoms with van der Waals surface area (Å²) in [6.45, 7) is 1.76. The standard InChI is InChI=1S/C12H13F3N2/c1-7(16)10-6-17(2)11-4-3-8(5-9(10)11)12(13,14)15/h3-7H,16H2,1-2H3/t7-/m0/s1. The number of aromatic nitrogens is 1. The topological polar surface area (TPSA) is 30.9 Å². The average molecular weight is 242 g/mol. The van der Waals surface area contributed by atoms with E-state index in [0.717, 1.165) is 23.2 Å². The van der Waals surface area contributed by atoms with Crippen LogP contribution in [0.5, 0.6) is 0 Å². The van der Waals surface area contributed by atoms with Crippen LogP contribution in [0.15, 0.2) is 24.4 Å². The van der Waals surface area contributed by atoms with Crippen molar-refractivity contribution >= 4 is 10.9 Å². The molecule has 0 unspecified atom stereocenters. The van der Waals surface area contributed by atoms with Gasteiger partial charge in [0, 0.05) is 30.2 Å². The number of nitrogens with two attached hydrogens (primary N) is 1. The maximum absolute atomic E-state index is 12.6. The lowest BCUT2D eigenvalue weighted by Crippen LogP contribution is -2.06. The first-order valence-corrected chi connectivity index (χ1v) is 5.22. The SMILES string of the molecule is C[C@H](N)c1cn(C)c2ccc(C(F)(F)F)cc12. The van der Waals surface area contributed by atoms with Crippen LogP contribution in [0.2, 0.25) is 0 Å². The van der Waals surface area contributed by atoms with Crippen molar-refractivity contribution in [1.82, 2.24) is 4.57 Å². The van der Waals surface area contributed by atoms with Gasteiger partial charge in [-0.25, -0.2) is 0 Å². The molecule has 0 saturated heterocycles. The molecule has 0 fully saturated rings. The molecule has 1 aromatic heterocycles. The molecule has 1 aromatic carbocycles. The number of hydrogen-bond acceptors (Lipinski definition) is 1. The highest BCUT2D eigenvalue weighted by atomic mass is 19.4. The molecule has 0 saturated carbocycles. The van der Waals surface area contributed by atoms with Crippen molar-refractivity contribution in [2.24, 2.45) is 12.8 Å². The summed E-state index contributed by atoms with van der Waals surface area (Å²) in [6.07, 6.45) is -2.55. The fourth-order valence-electron chi connectivity index (χ4n) is 1.96. The molecule has 2 rings (SSSR count). The summed E-state index contributed by atoms with van der Waals surface area (Å²) in [6, 6.07) is 3.44. The van der Waals surface area contributed by atoms with Gasteiger partial charge in [0.15, 0.2) is 0 Å². The summed E-state index contributed by atoms with van der Waals surface area (Å²) in [7, 11) is 1.79. The lowest BCUT2D eigenvalue weighted by Gasteiger charge is -2.08. The molecule has 0 aliphatic heterocycles. The van der Waals surface area contributed by atoms with E-state index in [2.05, 4.69) is 0 Å². The molecule has 2 N–H and O–H groups in total. The van der Waals surface area contributed by atoms with Gasteiger partial charge in [-0.2, -0.15) is 13.2 Å². The van der Waals surface area contributed by atoms with Gasteiger partial charge in [0.25, 0.3) is 0 Å². The fourth-order valence-corrected chi connectivity index (χ4v) is 1.96. The quantitative estimate of drug-likeness (QED) is 0.817. The molecule has 1 atom stereocenters. The molecule has 0 amide bonds. The third kappa shape index (κ3) is 2.02. The summed E-state index contributed by atoms with van der Waals surface area (Å²) in [4.78, 5) is 0. The summed E-state index contributed by atoms with van der Waals surface area (Å²) in [5.41, 5.74) is 6.60. The van der Waals surface area contributed by atoms with Gasteiger partial charge < -0.3 is 10.3 Å². The largest absolute Gasteiger partial charge is 0.416 e. The van der Waals surface area contributed by atoms with Crippen LogP contribution in [0, 0.1) is 0 Å². The maximum atomic E-state index is 12.6. The summed E-state index contributed by atoms with van der Waals surface area (Å²) < 4.78 is 39.6. The van der Waals surface area contributed by atoms with E-state index in [-0.39, 0.29) is 6.04 Å². The van der Waals surface area contributed by atoms with Crippen molar-refractivity contribution in [3.63, 3.8) is 0 Å². The first kappa shape index (κ1) is 12.0. The Morgan fingerprint density at radius 2 is 1.94 bits per heavy atom. The van der Waals surface area contributed by atoms with Gasteiger partial charge in [-0.1, -0.05) is 0 Å². The van der Waals surface area contributed by atoms with Crippen molar-refractivity contribution in [2.45, 2.75) is 19.1 Å². The Balaban J connectivity index is 2.71. The second kappa shape index (κ2) is 3.77. The zero-order chi connectivity index (χ0) is 12.8. The smallest absolute Gasteiger partial charge is 0.350 e. The van der Waals surface area contributed by atoms with Gasteiger partial charge in [-0.05, 0) is 30.7 Å². The van der Waals surface area contributed by atoms with E-state index in [4.69, 9.17) is 5.73 Å². The summed E-state index contributed by atoms with van der Waals surface area (Å²) in [5, 5.41) is 0.567. The Labute approximate surface area is 96.8 Å². The Hall–Kier alpha value is -1.49. The highest BCUT2D eigenvalue weighted by Crippen LogP contribution is 2.33. The van der Waals surface area contributed by atoms with Gasteiger partial charge >= 0.3 is 6.18 Å². The van der Waals surface area contributed by atoms with Crippen LogP contribution in [0.1, 0.15) is 24.1 Å². The van der Waals surface area contributed by atoms with E-state index < -0.39 is 11.7 Å². The third-order valence-electron chi connectivity index (χ3n) is 2.84. The minimum atomic E-state index is -4.32. The van der Waals surface area contributed by atoms with Crippen LogP contribution in [0.25, 0.3) is 10.9 Å². The van der Waals surface area contributed by atoms with Crippen LogP contribution in [0.3, 0.4) is 0 Å². The number of alkyl halides is 3. The number of fused-ring (bicyclic) bond motifs is 1. The Morgan fingerprint density at radius 1 is 1.29 bits per heavy atom. The molecule has 1 heterocycles. The van der Waals surface area contributed by atoms with E-state index in [1.807, 2.05) is 0 Å². The number of hydrogen-bond donors (Lipinski definition) is 1. The van der Waals surface area contributed by atoms with Gasteiger partial charge in [0.2, 0.25) is 0 Å². The van der Waals surface area contributed by atoms with E-state index in [1.165, 1.54) is 6.07 Å². The summed E-state index contributed by atoms with van der Waals surface area (Å²) >= 11 is 0. The number of rotatable bonds is 1.